The minimum absolute atomic E-state index is 0.00296. The van der Waals surface area contributed by atoms with E-state index in [-0.39, 0.29) is 5.41 Å². The fourth-order valence-corrected chi connectivity index (χ4v) is 2.80. The lowest BCUT2D eigenvalue weighted by Crippen LogP contribution is -2.19. The molecule has 0 atom stereocenters. The van der Waals surface area contributed by atoms with Crippen molar-refractivity contribution in [1.29, 1.82) is 0 Å². The molecule has 0 amide bonds. The van der Waals surface area contributed by atoms with Gasteiger partial charge in [0.25, 0.3) is 0 Å². The minimum atomic E-state index is -1.82. The van der Waals surface area contributed by atoms with Crippen molar-refractivity contribution in [2.45, 2.75) is 45.4 Å². The second kappa shape index (κ2) is 13.4. The average Bonchev–Trinajstić information content (AvgIpc) is 2.74. The van der Waals surface area contributed by atoms with E-state index in [0.29, 0.717) is 0 Å². The van der Waals surface area contributed by atoms with E-state index in [4.69, 9.17) is 24.5 Å². The molecule has 2 aromatic carbocycles. The summed E-state index contributed by atoms with van der Waals surface area (Å²) in [7, 11) is 0. The molecule has 0 saturated carbocycles. The van der Waals surface area contributed by atoms with Crippen LogP contribution < -0.4 is 10.1 Å². The van der Waals surface area contributed by atoms with Gasteiger partial charge in [0.2, 0.25) is 0 Å². The van der Waals surface area contributed by atoms with Gasteiger partial charge in [-0.1, -0.05) is 69.7 Å². The Kier molecular flexibility index (Phi) is 11.2. The summed E-state index contributed by atoms with van der Waals surface area (Å²) in [5, 5.41) is 18.2. The predicted molar refractivity (Wildman–Crippen MR) is 118 cm³/mol. The Balaban J connectivity index is 0.000000656. The lowest BCUT2D eigenvalue weighted by atomic mass is 9.78. The SMILES string of the molecule is CCCCNCCCOc1ccc(C(C)(C)c2ccccc2)cc1.O=C(O)C(=O)O. The molecule has 0 saturated heterocycles. The van der Waals surface area contributed by atoms with Gasteiger partial charge in [0.1, 0.15) is 5.75 Å². The van der Waals surface area contributed by atoms with E-state index in [1.165, 1.54) is 24.0 Å². The fourth-order valence-electron chi connectivity index (χ4n) is 2.80. The highest BCUT2D eigenvalue weighted by Gasteiger charge is 2.22. The van der Waals surface area contributed by atoms with Gasteiger partial charge >= 0.3 is 11.9 Å². The zero-order valence-electron chi connectivity index (χ0n) is 18.1. The van der Waals surface area contributed by atoms with Crippen LogP contribution in [0, 0.1) is 0 Å². The number of unbranched alkanes of at least 4 members (excludes halogenated alkanes) is 1. The molecule has 0 aliphatic carbocycles. The molecule has 0 bridgehead atoms. The first-order chi connectivity index (χ1) is 14.3. The number of carbonyl (C=O) groups is 2. The summed E-state index contributed by atoms with van der Waals surface area (Å²) in [5.41, 5.74) is 2.64. The normalized spacial score (nSPS) is 10.6. The summed E-state index contributed by atoms with van der Waals surface area (Å²) in [5.74, 6) is -2.69. The van der Waals surface area contributed by atoms with E-state index < -0.39 is 11.9 Å². The van der Waals surface area contributed by atoms with Crippen molar-refractivity contribution in [3.8, 4) is 5.75 Å². The van der Waals surface area contributed by atoms with Crippen LogP contribution in [-0.2, 0) is 15.0 Å². The Morgan fingerprint density at radius 2 is 1.40 bits per heavy atom. The van der Waals surface area contributed by atoms with E-state index >= 15 is 0 Å². The molecule has 0 radical (unpaired) electrons. The summed E-state index contributed by atoms with van der Waals surface area (Å²) in [6.45, 7) is 9.65. The van der Waals surface area contributed by atoms with Crippen LogP contribution in [0.2, 0.25) is 0 Å². The van der Waals surface area contributed by atoms with Crippen molar-refractivity contribution in [3.63, 3.8) is 0 Å². The van der Waals surface area contributed by atoms with Crippen molar-refractivity contribution >= 4 is 11.9 Å². The first-order valence-electron chi connectivity index (χ1n) is 10.2. The Morgan fingerprint density at radius 3 is 1.93 bits per heavy atom. The molecule has 0 aliphatic heterocycles. The molecule has 2 rings (SSSR count). The zero-order chi connectivity index (χ0) is 22.4. The number of benzene rings is 2. The summed E-state index contributed by atoms with van der Waals surface area (Å²) < 4.78 is 5.85. The molecule has 0 fully saturated rings. The molecule has 0 spiro atoms. The van der Waals surface area contributed by atoms with Gasteiger partial charge in [0.15, 0.2) is 0 Å². The smallest absolute Gasteiger partial charge is 0.414 e. The standard InChI is InChI=1S/C22H31NO.C2H2O4/c1-4-5-16-23-17-9-18-24-21-14-12-20(13-15-21)22(2,3)19-10-7-6-8-11-19;3-1(4)2(5)6/h6-8,10-15,23H,4-5,9,16-18H2,1-3H3;(H,3,4)(H,5,6). The molecule has 0 aromatic heterocycles. The maximum Gasteiger partial charge on any atom is 0.414 e. The third-order valence-corrected chi connectivity index (χ3v) is 4.73. The quantitative estimate of drug-likeness (QED) is 0.395. The highest BCUT2D eigenvalue weighted by molar-refractivity contribution is 6.27. The molecule has 0 heterocycles. The number of ether oxygens (including phenoxy) is 1. The van der Waals surface area contributed by atoms with Crippen molar-refractivity contribution in [1.82, 2.24) is 5.32 Å². The first-order valence-corrected chi connectivity index (χ1v) is 10.2. The molecule has 6 nitrogen and oxygen atoms in total. The van der Waals surface area contributed by atoms with Crippen LogP contribution in [0.3, 0.4) is 0 Å². The number of rotatable bonds is 10. The molecule has 30 heavy (non-hydrogen) atoms. The second-order valence-electron chi connectivity index (χ2n) is 7.43. The van der Waals surface area contributed by atoms with E-state index in [1.807, 2.05) is 0 Å². The molecular weight excluding hydrogens is 382 g/mol. The van der Waals surface area contributed by atoms with Gasteiger partial charge < -0.3 is 20.3 Å². The summed E-state index contributed by atoms with van der Waals surface area (Å²) in [6, 6.07) is 19.2. The van der Waals surface area contributed by atoms with Gasteiger partial charge in [-0.3, -0.25) is 0 Å². The van der Waals surface area contributed by atoms with Crippen LogP contribution in [0.25, 0.3) is 0 Å². The lowest BCUT2D eigenvalue weighted by molar-refractivity contribution is -0.159. The monoisotopic (exact) mass is 415 g/mol. The molecule has 2 aromatic rings. The minimum Gasteiger partial charge on any atom is -0.494 e. The maximum absolute atomic E-state index is 9.10. The lowest BCUT2D eigenvalue weighted by Gasteiger charge is -2.26. The van der Waals surface area contributed by atoms with Crippen LogP contribution in [0.15, 0.2) is 54.6 Å². The van der Waals surface area contributed by atoms with Crippen LogP contribution in [0.4, 0.5) is 0 Å². The van der Waals surface area contributed by atoms with Crippen LogP contribution >= 0.6 is 0 Å². The number of carboxylic acids is 2. The van der Waals surface area contributed by atoms with Gasteiger partial charge in [-0.25, -0.2) is 9.59 Å². The third-order valence-electron chi connectivity index (χ3n) is 4.73. The number of hydrogen-bond acceptors (Lipinski definition) is 4. The second-order valence-corrected chi connectivity index (χ2v) is 7.43. The molecule has 6 heteroatoms. The highest BCUT2D eigenvalue weighted by atomic mass is 16.5. The van der Waals surface area contributed by atoms with E-state index in [2.05, 4.69) is 80.7 Å². The Labute approximate surface area is 178 Å². The topological polar surface area (TPSA) is 95.9 Å². The van der Waals surface area contributed by atoms with Gasteiger partial charge in [-0.2, -0.15) is 0 Å². The van der Waals surface area contributed by atoms with Crippen molar-refractivity contribution in [3.05, 3.63) is 65.7 Å². The van der Waals surface area contributed by atoms with Crippen molar-refractivity contribution in [2.24, 2.45) is 0 Å². The van der Waals surface area contributed by atoms with Gasteiger partial charge in [0.05, 0.1) is 6.61 Å². The van der Waals surface area contributed by atoms with Crippen molar-refractivity contribution < 1.29 is 24.5 Å². The summed E-state index contributed by atoms with van der Waals surface area (Å²) >= 11 is 0. The van der Waals surface area contributed by atoms with E-state index in [1.54, 1.807) is 0 Å². The molecule has 164 valence electrons. The number of nitrogens with one attached hydrogen (secondary N) is 1. The van der Waals surface area contributed by atoms with E-state index in [9.17, 15) is 0 Å². The Bertz CT molecular complexity index is 745. The largest absolute Gasteiger partial charge is 0.494 e. The molecule has 3 N–H and O–H groups in total. The Morgan fingerprint density at radius 1 is 0.867 bits per heavy atom. The van der Waals surface area contributed by atoms with Gasteiger partial charge in [-0.05, 0) is 49.2 Å². The average molecular weight is 416 g/mol. The van der Waals surface area contributed by atoms with Crippen molar-refractivity contribution in [2.75, 3.05) is 19.7 Å². The molecule has 0 unspecified atom stereocenters. The van der Waals surface area contributed by atoms with Gasteiger partial charge in [-0.15, -0.1) is 0 Å². The number of hydrogen-bond donors (Lipinski definition) is 3. The summed E-state index contributed by atoms with van der Waals surface area (Å²) in [4.78, 5) is 18.2. The Hall–Kier alpha value is -2.86. The van der Waals surface area contributed by atoms with Gasteiger partial charge in [0, 0.05) is 5.41 Å². The highest BCUT2D eigenvalue weighted by Crippen LogP contribution is 2.32. The number of aliphatic carboxylic acids is 2. The number of carboxylic acid groups (broad SMARTS) is 2. The zero-order valence-corrected chi connectivity index (χ0v) is 18.1. The van der Waals surface area contributed by atoms with Crippen LogP contribution in [-0.4, -0.2) is 41.8 Å². The maximum atomic E-state index is 9.10. The third kappa shape index (κ3) is 9.09. The first kappa shape index (κ1) is 25.2. The van der Waals surface area contributed by atoms with E-state index in [0.717, 1.165) is 31.9 Å². The molecular formula is C24H33NO5. The molecule has 0 aliphatic rings. The van der Waals surface area contributed by atoms with Crippen LogP contribution in [0.5, 0.6) is 5.75 Å². The fraction of sp³-hybridized carbons (Fsp3) is 0.417. The van der Waals surface area contributed by atoms with Crippen LogP contribution in [0.1, 0.15) is 51.2 Å². The summed E-state index contributed by atoms with van der Waals surface area (Å²) in [6.07, 6.45) is 3.54. The predicted octanol–water partition coefficient (Wildman–Crippen LogP) is 4.33.